The zero-order chi connectivity index (χ0) is 11.5. The maximum absolute atomic E-state index is 4.27. The van der Waals surface area contributed by atoms with Crippen molar-refractivity contribution in [1.29, 1.82) is 0 Å². The fourth-order valence-electron chi connectivity index (χ4n) is 1.58. The van der Waals surface area contributed by atoms with Crippen molar-refractivity contribution in [2.75, 3.05) is 0 Å². The minimum Gasteiger partial charge on any atom is -0.249 e. The number of rotatable bonds is 4. The van der Waals surface area contributed by atoms with Crippen molar-refractivity contribution in [2.45, 2.75) is 60.4 Å². The number of unbranched alkanes of at least 4 members (excludes halogenated alkanes) is 1. The van der Waals surface area contributed by atoms with Gasteiger partial charge in [0.25, 0.3) is 0 Å². The van der Waals surface area contributed by atoms with Gasteiger partial charge in [-0.3, -0.25) is 0 Å². The summed E-state index contributed by atoms with van der Waals surface area (Å²) < 4.78 is 2.03. The lowest BCUT2D eigenvalue weighted by Gasteiger charge is -2.16. The van der Waals surface area contributed by atoms with E-state index < -0.39 is 0 Å². The summed E-state index contributed by atoms with van der Waals surface area (Å²) in [6.07, 6.45) is 3.39. The lowest BCUT2D eigenvalue weighted by Crippen LogP contribution is -2.11. The summed E-state index contributed by atoms with van der Waals surface area (Å²) in [4.78, 5) is 0. The Morgan fingerprint density at radius 2 is 1.93 bits per heavy atom. The molecule has 0 aliphatic heterocycles. The third kappa shape index (κ3) is 3.65. The number of nitrogens with zero attached hydrogens (tertiary/aromatic N) is 3. The minimum absolute atomic E-state index is 0.288. The second-order valence-corrected chi connectivity index (χ2v) is 5.44. The average Bonchev–Trinajstić information content (AvgIpc) is 2.43. The van der Waals surface area contributed by atoms with Crippen LogP contribution in [0.3, 0.4) is 0 Å². The first-order valence-corrected chi connectivity index (χ1v) is 5.83. The molecule has 0 N–H and O–H groups in total. The summed E-state index contributed by atoms with van der Waals surface area (Å²) in [6, 6.07) is 0. The second kappa shape index (κ2) is 4.77. The molecule has 86 valence electrons. The van der Waals surface area contributed by atoms with Crippen LogP contribution in [-0.4, -0.2) is 15.0 Å². The highest BCUT2D eigenvalue weighted by Crippen LogP contribution is 2.21. The summed E-state index contributed by atoms with van der Waals surface area (Å²) in [5, 5.41) is 8.47. The van der Waals surface area contributed by atoms with E-state index in [0.29, 0.717) is 0 Å². The molecule has 0 amide bonds. The van der Waals surface area contributed by atoms with Crippen LogP contribution >= 0.6 is 0 Å². The molecule has 0 aliphatic rings. The van der Waals surface area contributed by atoms with Gasteiger partial charge in [0.1, 0.15) is 0 Å². The lowest BCUT2D eigenvalue weighted by atomic mass is 9.90. The predicted molar refractivity (Wildman–Crippen MR) is 62.8 cm³/mol. The summed E-state index contributed by atoms with van der Waals surface area (Å²) in [7, 11) is 0. The molecule has 3 nitrogen and oxygen atoms in total. The average molecular weight is 209 g/mol. The summed E-state index contributed by atoms with van der Waals surface area (Å²) in [5.41, 5.74) is 2.67. The Balaban J connectivity index is 2.71. The molecular formula is C12H23N3. The summed E-state index contributed by atoms with van der Waals surface area (Å²) >= 11 is 0. The Hall–Kier alpha value is -0.860. The van der Waals surface area contributed by atoms with Crippen LogP contribution in [0.4, 0.5) is 0 Å². The van der Waals surface area contributed by atoms with Crippen LogP contribution in [-0.2, 0) is 13.0 Å². The molecule has 0 aliphatic carbocycles. The first-order chi connectivity index (χ1) is 6.94. The zero-order valence-electron chi connectivity index (χ0n) is 10.7. The second-order valence-electron chi connectivity index (χ2n) is 5.44. The summed E-state index contributed by atoms with van der Waals surface area (Å²) in [6.45, 7) is 12.0. The van der Waals surface area contributed by atoms with Gasteiger partial charge < -0.3 is 0 Å². The van der Waals surface area contributed by atoms with Crippen molar-refractivity contribution in [1.82, 2.24) is 15.0 Å². The molecule has 0 atom stereocenters. The third-order valence-corrected chi connectivity index (χ3v) is 2.50. The smallest absolute Gasteiger partial charge is 0.0861 e. The SMILES string of the molecule is CCCCn1nnc(CC(C)(C)C)c1C. The lowest BCUT2D eigenvalue weighted by molar-refractivity contribution is 0.405. The van der Waals surface area contributed by atoms with Crippen molar-refractivity contribution in [3.8, 4) is 0 Å². The van der Waals surface area contributed by atoms with Crippen LogP contribution in [0.25, 0.3) is 0 Å². The molecule has 0 unspecified atom stereocenters. The standard InChI is InChI=1S/C12H23N3/c1-6-7-8-15-10(2)11(13-14-15)9-12(3,4)5/h6-9H2,1-5H3. The van der Waals surface area contributed by atoms with Gasteiger partial charge in [0, 0.05) is 6.54 Å². The molecule has 0 aromatic carbocycles. The van der Waals surface area contributed by atoms with E-state index in [0.717, 1.165) is 18.7 Å². The quantitative estimate of drug-likeness (QED) is 0.763. The molecule has 15 heavy (non-hydrogen) atoms. The monoisotopic (exact) mass is 209 g/mol. The van der Waals surface area contributed by atoms with Crippen molar-refractivity contribution in [2.24, 2.45) is 5.41 Å². The molecule has 0 bridgehead atoms. The van der Waals surface area contributed by atoms with Gasteiger partial charge in [-0.15, -0.1) is 5.10 Å². The number of hydrogen-bond donors (Lipinski definition) is 0. The topological polar surface area (TPSA) is 30.7 Å². The molecule has 3 heteroatoms. The van der Waals surface area contributed by atoms with Crippen LogP contribution in [0.15, 0.2) is 0 Å². The Labute approximate surface area is 92.9 Å². The van der Waals surface area contributed by atoms with Gasteiger partial charge in [-0.25, -0.2) is 4.68 Å². The Morgan fingerprint density at radius 1 is 1.27 bits per heavy atom. The van der Waals surface area contributed by atoms with Crippen LogP contribution in [0, 0.1) is 12.3 Å². The van der Waals surface area contributed by atoms with Crippen LogP contribution in [0.5, 0.6) is 0 Å². The van der Waals surface area contributed by atoms with E-state index >= 15 is 0 Å². The molecule has 0 fully saturated rings. The molecule has 1 heterocycles. The van der Waals surface area contributed by atoms with Crippen LogP contribution in [0.2, 0.25) is 0 Å². The first-order valence-electron chi connectivity index (χ1n) is 5.83. The van der Waals surface area contributed by atoms with Crippen LogP contribution in [0.1, 0.15) is 51.9 Å². The highest BCUT2D eigenvalue weighted by Gasteiger charge is 2.16. The first kappa shape index (κ1) is 12.2. The van der Waals surface area contributed by atoms with Gasteiger partial charge in [-0.05, 0) is 25.2 Å². The van der Waals surface area contributed by atoms with E-state index in [1.165, 1.54) is 18.5 Å². The number of aromatic nitrogens is 3. The highest BCUT2D eigenvalue weighted by molar-refractivity contribution is 5.09. The normalized spacial score (nSPS) is 12.1. The van der Waals surface area contributed by atoms with Gasteiger partial charge in [0.2, 0.25) is 0 Å². The van der Waals surface area contributed by atoms with E-state index in [4.69, 9.17) is 0 Å². The maximum atomic E-state index is 4.27. The van der Waals surface area contributed by atoms with Crippen molar-refractivity contribution < 1.29 is 0 Å². The molecular weight excluding hydrogens is 186 g/mol. The van der Waals surface area contributed by atoms with E-state index in [1.807, 2.05) is 4.68 Å². The molecule has 1 rings (SSSR count). The Bertz CT molecular complexity index is 307. The largest absolute Gasteiger partial charge is 0.249 e. The van der Waals surface area contributed by atoms with Gasteiger partial charge >= 0.3 is 0 Å². The van der Waals surface area contributed by atoms with Crippen molar-refractivity contribution >= 4 is 0 Å². The van der Waals surface area contributed by atoms with E-state index in [2.05, 4.69) is 44.9 Å². The number of hydrogen-bond acceptors (Lipinski definition) is 2. The van der Waals surface area contributed by atoms with Gasteiger partial charge in [-0.1, -0.05) is 39.3 Å². The van der Waals surface area contributed by atoms with E-state index in [9.17, 15) is 0 Å². The Morgan fingerprint density at radius 3 is 2.47 bits per heavy atom. The fraction of sp³-hybridized carbons (Fsp3) is 0.833. The molecule has 0 saturated heterocycles. The molecule has 0 radical (unpaired) electrons. The molecule has 1 aromatic heterocycles. The minimum atomic E-state index is 0.288. The predicted octanol–water partition coefficient (Wildman–Crippen LogP) is 2.98. The third-order valence-electron chi connectivity index (χ3n) is 2.50. The van der Waals surface area contributed by atoms with E-state index in [1.54, 1.807) is 0 Å². The fourth-order valence-corrected chi connectivity index (χ4v) is 1.58. The maximum Gasteiger partial charge on any atom is 0.0861 e. The zero-order valence-corrected chi connectivity index (χ0v) is 10.7. The highest BCUT2D eigenvalue weighted by atomic mass is 15.4. The molecule has 0 saturated carbocycles. The van der Waals surface area contributed by atoms with Gasteiger partial charge in [0.15, 0.2) is 0 Å². The van der Waals surface area contributed by atoms with Crippen LogP contribution < -0.4 is 0 Å². The molecule has 1 aromatic rings. The van der Waals surface area contributed by atoms with E-state index in [-0.39, 0.29) is 5.41 Å². The Kier molecular flexibility index (Phi) is 3.89. The summed E-state index contributed by atoms with van der Waals surface area (Å²) in [5.74, 6) is 0. The van der Waals surface area contributed by atoms with Gasteiger partial charge in [-0.2, -0.15) is 0 Å². The van der Waals surface area contributed by atoms with Crippen molar-refractivity contribution in [3.63, 3.8) is 0 Å². The van der Waals surface area contributed by atoms with Gasteiger partial charge in [0.05, 0.1) is 11.4 Å². The number of aryl methyl sites for hydroxylation is 1. The molecule has 0 spiro atoms. The van der Waals surface area contributed by atoms with Crippen molar-refractivity contribution in [3.05, 3.63) is 11.4 Å².